The summed E-state index contributed by atoms with van der Waals surface area (Å²) in [6.45, 7) is 4.41. The molecule has 1 aromatic heterocycles. The molecule has 3 heterocycles. The SMILES string of the molecule is C[C@]12CC[C@H](CN(c3ncnc4ccccc34)C1)N2. The minimum absolute atomic E-state index is 0.245. The molecule has 0 aliphatic carbocycles. The summed E-state index contributed by atoms with van der Waals surface area (Å²) in [6.07, 6.45) is 4.22. The minimum atomic E-state index is 0.245. The van der Waals surface area contributed by atoms with E-state index in [1.165, 1.54) is 12.8 Å². The summed E-state index contributed by atoms with van der Waals surface area (Å²) in [7, 11) is 0. The average Bonchev–Trinajstić information content (AvgIpc) is 2.71. The summed E-state index contributed by atoms with van der Waals surface area (Å²) in [4.78, 5) is 11.3. The maximum absolute atomic E-state index is 4.55. The van der Waals surface area contributed by atoms with Crippen molar-refractivity contribution >= 4 is 16.7 Å². The van der Waals surface area contributed by atoms with E-state index in [0.717, 1.165) is 29.8 Å². The van der Waals surface area contributed by atoms with E-state index in [0.29, 0.717) is 6.04 Å². The van der Waals surface area contributed by atoms with Gasteiger partial charge in [0.05, 0.1) is 5.52 Å². The molecule has 98 valence electrons. The number of piperazine rings is 1. The van der Waals surface area contributed by atoms with Gasteiger partial charge in [0.25, 0.3) is 0 Å². The zero-order valence-electron chi connectivity index (χ0n) is 11.1. The Labute approximate surface area is 112 Å². The van der Waals surface area contributed by atoms with Gasteiger partial charge in [-0.1, -0.05) is 12.1 Å². The number of anilines is 1. The van der Waals surface area contributed by atoms with Crippen LogP contribution in [0.25, 0.3) is 10.9 Å². The van der Waals surface area contributed by atoms with Gasteiger partial charge >= 0.3 is 0 Å². The smallest absolute Gasteiger partial charge is 0.139 e. The van der Waals surface area contributed by atoms with E-state index in [-0.39, 0.29) is 5.54 Å². The van der Waals surface area contributed by atoms with Gasteiger partial charge in [-0.15, -0.1) is 0 Å². The number of para-hydroxylation sites is 1. The van der Waals surface area contributed by atoms with Gasteiger partial charge < -0.3 is 10.2 Å². The molecule has 0 radical (unpaired) electrons. The molecule has 2 fully saturated rings. The second kappa shape index (κ2) is 3.90. The fourth-order valence-electron chi connectivity index (χ4n) is 3.55. The van der Waals surface area contributed by atoms with Gasteiger partial charge in [0, 0.05) is 30.1 Å². The molecule has 19 heavy (non-hydrogen) atoms. The van der Waals surface area contributed by atoms with Crippen LogP contribution < -0.4 is 10.2 Å². The first-order valence-corrected chi connectivity index (χ1v) is 6.96. The normalized spacial score (nSPS) is 29.9. The van der Waals surface area contributed by atoms with Crippen LogP contribution in [0.2, 0.25) is 0 Å². The van der Waals surface area contributed by atoms with Gasteiger partial charge in [0.2, 0.25) is 0 Å². The van der Waals surface area contributed by atoms with Crippen LogP contribution in [-0.4, -0.2) is 34.6 Å². The third kappa shape index (κ3) is 1.78. The molecule has 4 heteroatoms. The van der Waals surface area contributed by atoms with Crippen LogP contribution >= 0.6 is 0 Å². The molecule has 1 N–H and O–H groups in total. The Morgan fingerprint density at radius 3 is 3.11 bits per heavy atom. The van der Waals surface area contributed by atoms with Gasteiger partial charge in [-0.2, -0.15) is 0 Å². The average molecular weight is 254 g/mol. The van der Waals surface area contributed by atoms with Crippen LogP contribution in [0.1, 0.15) is 19.8 Å². The van der Waals surface area contributed by atoms with E-state index in [2.05, 4.69) is 45.3 Å². The largest absolute Gasteiger partial charge is 0.353 e. The lowest BCUT2D eigenvalue weighted by Crippen LogP contribution is -2.58. The summed E-state index contributed by atoms with van der Waals surface area (Å²) in [5.74, 6) is 1.09. The van der Waals surface area contributed by atoms with Crippen molar-refractivity contribution in [3.8, 4) is 0 Å². The van der Waals surface area contributed by atoms with Crippen molar-refractivity contribution in [3.05, 3.63) is 30.6 Å². The van der Waals surface area contributed by atoms with Crippen molar-refractivity contribution < 1.29 is 0 Å². The number of nitrogens with one attached hydrogen (secondary N) is 1. The van der Waals surface area contributed by atoms with E-state index < -0.39 is 0 Å². The highest BCUT2D eigenvalue weighted by Crippen LogP contribution is 2.33. The maximum atomic E-state index is 4.55. The molecule has 2 saturated heterocycles. The first-order chi connectivity index (χ1) is 9.23. The fraction of sp³-hybridized carbons (Fsp3) is 0.467. The minimum Gasteiger partial charge on any atom is -0.353 e. The highest BCUT2D eigenvalue weighted by Gasteiger charge is 2.41. The predicted molar refractivity (Wildman–Crippen MR) is 76.3 cm³/mol. The lowest BCUT2D eigenvalue weighted by Gasteiger charge is -2.40. The van der Waals surface area contributed by atoms with Crippen LogP contribution in [0.5, 0.6) is 0 Å². The van der Waals surface area contributed by atoms with Crippen molar-refractivity contribution in [3.63, 3.8) is 0 Å². The van der Waals surface area contributed by atoms with Gasteiger partial charge in [0.1, 0.15) is 12.1 Å². The Hall–Kier alpha value is -1.68. The van der Waals surface area contributed by atoms with Gasteiger partial charge in [0.15, 0.2) is 0 Å². The quantitative estimate of drug-likeness (QED) is 0.844. The molecule has 0 spiro atoms. The molecule has 0 unspecified atom stereocenters. The molecule has 0 saturated carbocycles. The summed E-state index contributed by atoms with van der Waals surface area (Å²) in [6, 6.07) is 8.87. The van der Waals surface area contributed by atoms with Crippen LogP contribution in [0.3, 0.4) is 0 Å². The molecule has 4 nitrogen and oxygen atoms in total. The summed E-state index contributed by atoms with van der Waals surface area (Å²) < 4.78 is 0. The third-order valence-electron chi connectivity index (χ3n) is 4.40. The van der Waals surface area contributed by atoms with Gasteiger partial charge in [-0.05, 0) is 31.9 Å². The lowest BCUT2D eigenvalue weighted by atomic mass is 10.00. The van der Waals surface area contributed by atoms with Crippen molar-refractivity contribution in [2.75, 3.05) is 18.0 Å². The molecule has 1 aromatic carbocycles. The second-order valence-electron chi connectivity index (χ2n) is 6.04. The molecule has 2 aliphatic rings. The summed E-state index contributed by atoms with van der Waals surface area (Å²) >= 11 is 0. The van der Waals surface area contributed by atoms with E-state index in [1.807, 2.05) is 6.07 Å². The Kier molecular flexibility index (Phi) is 2.30. The van der Waals surface area contributed by atoms with E-state index in [9.17, 15) is 0 Å². The summed E-state index contributed by atoms with van der Waals surface area (Å²) in [5.41, 5.74) is 1.28. The Morgan fingerprint density at radius 1 is 1.32 bits per heavy atom. The van der Waals surface area contributed by atoms with E-state index >= 15 is 0 Å². The van der Waals surface area contributed by atoms with Crippen LogP contribution in [0, 0.1) is 0 Å². The number of hydrogen-bond acceptors (Lipinski definition) is 4. The van der Waals surface area contributed by atoms with E-state index in [1.54, 1.807) is 6.33 Å². The first-order valence-electron chi connectivity index (χ1n) is 6.96. The van der Waals surface area contributed by atoms with Crippen molar-refractivity contribution in [2.24, 2.45) is 0 Å². The fourth-order valence-corrected chi connectivity index (χ4v) is 3.55. The molecule has 2 bridgehead atoms. The molecule has 2 atom stereocenters. The monoisotopic (exact) mass is 254 g/mol. The number of rotatable bonds is 1. The van der Waals surface area contributed by atoms with Gasteiger partial charge in [-0.3, -0.25) is 0 Å². The van der Waals surface area contributed by atoms with Crippen molar-refractivity contribution in [1.29, 1.82) is 0 Å². The standard InChI is InChI=1S/C15H18N4/c1-15-7-6-11(18-15)8-19(9-15)14-12-4-2-3-5-13(12)16-10-17-14/h2-5,10-11,18H,6-9H2,1H3/t11-,15+/m1/s1. The van der Waals surface area contributed by atoms with E-state index in [4.69, 9.17) is 0 Å². The molecule has 4 rings (SSSR count). The molecular formula is C15H18N4. The molecule has 0 amide bonds. The highest BCUT2D eigenvalue weighted by atomic mass is 15.3. The second-order valence-corrected chi connectivity index (χ2v) is 6.04. The Bertz CT molecular complexity index is 621. The Morgan fingerprint density at radius 2 is 2.21 bits per heavy atom. The first kappa shape index (κ1) is 11.2. The van der Waals surface area contributed by atoms with Gasteiger partial charge in [-0.25, -0.2) is 9.97 Å². The topological polar surface area (TPSA) is 41.1 Å². The lowest BCUT2D eigenvalue weighted by molar-refractivity contribution is 0.349. The number of nitrogens with zero attached hydrogens (tertiary/aromatic N) is 3. The molecule has 2 aliphatic heterocycles. The zero-order valence-corrected chi connectivity index (χ0v) is 11.1. The predicted octanol–water partition coefficient (Wildman–Crippen LogP) is 1.96. The Balaban J connectivity index is 1.79. The number of benzene rings is 1. The number of fused-ring (bicyclic) bond motifs is 3. The van der Waals surface area contributed by atoms with Crippen LogP contribution in [0.15, 0.2) is 30.6 Å². The third-order valence-corrected chi connectivity index (χ3v) is 4.40. The zero-order chi connectivity index (χ0) is 12.9. The van der Waals surface area contributed by atoms with Crippen LogP contribution in [0.4, 0.5) is 5.82 Å². The van der Waals surface area contributed by atoms with Crippen molar-refractivity contribution in [2.45, 2.75) is 31.3 Å². The number of hydrogen-bond donors (Lipinski definition) is 1. The van der Waals surface area contributed by atoms with Crippen LogP contribution in [-0.2, 0) is 0 Å². The number of aromatic nitrogens is 2. The van der Waals surface area contributed by atoms with Crippen molar-refractivity contribution in [1.82, 2.24) is 15.3 Å². The summed E-state index contributed by atoms with van der Waals surface area (Å²) in [5, 5.41) is 4.89. The molecular weight excluding hydrogens is 236 g/mol. The maximum Gasteiger partial charge on any atom is 0.139 e. The highest BCUT2D eigenvalue weighted by molar-refractivity contribution is 5.89. The molecule has 2 aromatic rings.